The number of nitrogens with one attached hydrogen (secondary N) is 1. The predicted molar refractivity (Wildman–Crippen MR) is 201 cm³/mol. The van der Waals surface area contributed by atoms with Crippen LogP contribution < -0.4 is 26.2 Å². The van der Waals surface area contributed by atoms with Gasteiger partial charge in [0.2, 0.25) is 5.91 Å². The third-order valence-corrected chi connectivity index (χ3v) is 10.9. The van der Waals surface area contributed by atoms with Gasteiger partial charge in [-0.25, -0.2) is 23.4 Å². The minimum absolute atomic E-state index is 0.206. The van der Waals surface area contributed by atoms with Gasteiger partial charge in [0, 0.05) is 36.4 Å². The van der Waals surface area contributed by atoms with Crippen LogP contribution in [-0.4, -0.2) is 78.4 Å². The maximum atomic E-state index is 14.9. The molecule has 17 heteroatoms. The number of nitrogens with zero attached hydrogens (tertiary/aromatic N) is 7. The molecule has 1 unspecified atom stereocenters. The topological polar surface area (TPSA) is 174 Å². The van der Waals surface area contributed by atoms with Crippen molar-refractivity contribution in [2.24, 2.45) is 0 Å². The summed E-state index contributed by atoms with van der Waals surface area (Å²) >= 11 is 1.11. The number of benzene rings is 3. The molecule has 1 fully saturated rings. The lowest BCUT2D eigenvalue weighted by molar-refractivity contribution is -0.139. The number of para-hydroxylation sites is 1. The Morgan fingerprint density at radius 3 is 2.56 bits per heavy atom. The number of fused-ring (bicyclic) bond motifs is 2. The number of ether oxygens (including phenoxy) is 1. The fraction of sp³-hybridized carbons (Fsp3) is 0.263. The largest absolute Gasteiger partial charge is 0.490 e. The van der Waals surface area contributed by atoms with Gasteiger partial charge in [-0.05, 0) is 55.3 Å². The summed E-state index contributed by atoms with van der Waals surface area (Å²) in [5, 5.41) is 18.6. The highest BCUT2D eigenvalue weighted by atomic mass is 32.1. The Bertz CT molecular complexity index is 2450. The zero-order valence-corrected chi connectivity index (χ0v) is 30.1. The van der Waals surface area contributed by atoms with E-state index in [1.54, 1.807) is 17.0 Å². The predicted octanol–water partition coefficient (Wildman–Crippen LogP) is 4.13. The average Bonchev–Trinajstić information content (AvgIpc) is 3.85. The van der Waals surface area contributed by atoms with E-state index in [4.69, 9.17) is 10.5 Å². The first-order valence-corrected chi connectivity index (χ1v) is 18.4. The molecular formula is C38H35F2N9O5S. The number of carbonyl (C=O) groups is 2. The Balaban J connectivity index is 0.972. The van der Waals surface area contributed by atoms with Crippen LogP contribution >= 0.6 is 11.3 Å². The van der Waals surface area contributed by atoms with E-state index in [9.17, 15) is 28.3 Å². The van der Waals surface area contributed by atoms with Crippen LogP contribution in [0, 0.1) is 11.6 Å². The molecule has 3 aromatic carbocycles. The SMILES string of the molecule is Nc1nc2sc(C(=O)NC3CCN(C(=O)CC(O)(Cn4cncn4)c4ccc(F)cc4F)CC3)cc2n(-c2ccc3c(c2)N(c2ccccc2)CCO3)c1=O. The van der Waals surface area contributed by atoms with E-state index in [0.29, 0.717) is 58.7 Å². The monoisotopic (exact) mass is 767 g/mol. The molecule has 2 aliphatic heterocycles. The highest BCUT2D eigenvalue weighted by molar-refractivity contribution is 7.20. The zero-order valence-electron chi connectivity index (χ0n) is 29.3. The minimum atomic E-state index is -2.04. The number of thiophene rings is 1. The zero-order chi connectivity index (χ0) is 38.3. The van der Waals surface area contributed by atoms with E-state index in [-0.39, 0.29) is 43.0 Å². The molecule has 14 nitrogen and oxygen atoms in total. The van der Waals surface area contributed by atoms with E-state index in [1.165, 1.54) is 21.9 Å². The first-order chi connectivity index (χ1) is 26.6. The molecule has 3 aromatic heterocycles. The summed E-state index contributed by atoms with van der Waals surface area (Å²) in [6, 6.07) is 19.4. The van der Waals surface area contributed by atoms with Gasteiger partial charge < -0.3 is 30.7 Å². The molecule has 0 bridgehead atoms. The molecule has 4 N–H and O–H groups in total. The number of aliphatic hydroxyl groups is 1. The van der Waals surface area contributed by atoms with Gasteiger partial charge in [0.25, 0.3) is 11.5 Å². The van der Waals surface area contributed by atoms with Crippen molar-refractivity contribution >= 4 is 50.7 Å². The smallest absolute Gasteiger partial charge is 0.298 e. The van der Waals surface area contributed by atoms with Crippen molar-refractivity contribution in [2.75, 3.05) is 36.9 Å². The van der Waals surface area contributed by atoms with Crippen LogP contribution in [0.3, 0.4) is 0 Å². The van der Waals surface area contributed by atoms with E-state index < -0.39 is 35.1 Å². The van der Waals surface area contributed by atoms with Gasteiger partial charge in [0.1, 0.15) is 47.1 Å². The number of nitrogens with two attached hydrogens (primary N) is 1. The number of rotatable bonds is 9. The normalized spacial score (nSPS) is 15.7. The molecule has 1 atom stereocenters. The lowest BCUT2D eigenvalue weighted by Crippen LogP contribution is -2.48. The Morgan fingerprint density at radius 1 is 1.02 bits per heavy atom. The van der Waals surface area contributed by atoms with E-state index >= 15 is 0 Å². The third-order valence-electron chi connectivity index (χ3n) is 9.88. The summed E-state index contributed by atoms with van der Waals surface area (Å²) in [5.74, 6) is -2.14. The van der Waals surface area contributed by atoms with Gasteiger partial charge in [-0.3, -0.25) is 19.0 Å². The number of carbonyl (C=O) groups excluding carboxylic acids is 2. The van der Waals surface area contributed by atoms with Gasteiger partial charge in [-0.1, -0.05) is 24.3 Å². The first-order valence-electron chi connectivity index (χ1n) is 17.6. The number of likely N-dealkylation sites (tertiary alicyclic amines) is 1. The Morgan fingerprint density at radius 2 is 1.82 bits per heavy atom. The van der Waals surface area contributed by atoms with Gasteiger partial charge in [0.05, 0.1) is 41.3 Å². The van der Waals surface area contributed by atoms with Crippen molar-refractivity contribution in [1.29, 1.82) is 0 Å². The summed E-state index contributed by atoms with van der Waals surface area (Å²) in [7, 11) is 0. The molecule has 0 radical (unpaired) electrons. The number of nitrogen functional groups attached to an aromatic ring is 1. The summed E-state index contributed by atoms with van der Waals surface area (Å²) in [6.07, 6.45) is 2.91. The van der Waals surface area contributed by atoms with Gasteiger partial charge in [-0.15, -0.1) is 11.3 Å². The fourth-order valence-electron chi connectivity index (χ4n) is 7.16. The maximum absolute atomic E-state index is 14.9. The Labute approximate surface area is 316 Å². The second-order valence-electron chi connectivity index (χ2n) is 13.5. The molecule has 0 aliphatic carbocycles. The van der Waals surface area contributed by atoms with Gasteiger partial charge in [0.15, 0.2) is 5.82 Å². The van der Waals surface area contributed by atoms with Crippen LogP contribution in [0.4, 0.5) is 26.0 Å². The number of hydrogen-bond donors (Lipinski definition) is 3. The second-order valence-corrected chi connectivity index (χ2v) is 14.5. The van der Waals surface area contributed by atoms with E-state index in [2.05, 4.69) is 25.3 Å². The fourth-order valence-corrected chi connectivity index (χ4v) is 8.09. The molecule has 282 valence electrons. The summed E-state index contributed by atoms with van der Waals surface area (Å²) in [4.78, 5) is 53.2. The van der Waals surface area contributed by atoms with Crippen LogP contribution in [0.25, 0.3) is 16.0 Å². The summed E-state index contributed by atoms with van der Waals surface area (Å²) < 4.78 is 37.2. The lowest BCUT2D eigenvalue weighted by atomic mass is 9.88. The number of piperidine rings is 1. The van der Waals surface area contributed by atoms with Crippen molar-refractivity contribution < 1.29 is 28.2 Å². The van der Waals surface area contributed by atoms with E-state index in [1.807, 2.05) is 42.5 Å². The van der Waals surface area contributed by atoms with E-state index in [0.717, 1.165) is 34.8 Å². The average molecular weight is 768 g/mol. The Hall–Kier alpha value is -6.20. The first kappa shape index (κ1) is 35.8. The maximum Gasteiger partial charge on any atom is 0.298 e. The van der Waals surface area contributed by atoms with Crippen molar-refractivity contribution in [2.45, 2.75) is 37.5 Å². The van der Waals surface area contributed by atoms with Crippen LogP contribution in [0.2, 0.25) is 0 Å². The molecule has 0 saturated carbocycles. The Kier molecular flexibility index (Phi) is 9.48. The molecule has 2 aliphatic rings. The van der Waals surface area contributed by atoms with Crippen LogP contribution in [0.5, 0.6) is 5.75 Å². The van der Waals surface area contributed by atoms with Crippen LogP contribution in [0.15, 0.2) is 90.2 Å². The number of anilines is 3. The van der Waals surface area contributed by atoms with Crippen molar-refractivity contribution in [1.82, 2.24) is 34.5 Å². The van der Waals surface area contributed by atoms with Gasteiger partial charge >= 0.3 is 0 Å². The highest BCUT2D eigenvalue weighted by Gasteiger charge is 2.38. The van der Waals surface area contributed by atoms with Crippen LogP contribution in [0.1, 0.15) is 34.5 Å². The molecule has 55 heavy (non-hydrogen) atoms. The van der Waals surface area contributed by atoms with Gasteiger partial charge in [-0.2, -0.15) is 5.10 Å². The number of halogens is 2. The number of amides is 2. The van der Waals surface area contributed by atoms with Crippen molar-refractivity contribution in [3.05, 3.63) is 118 Å². The molecule has 0 spiro atoms. The molecule has 1 saturated heterocycles. The van der Waals surface area contributed by atoms with Crippen LogP contribution in [-0.2, 0) is 16.9 Å². The second kappa shape index (κ2) is 14.6. The third kappa shape index (κ3) is 7.10. The molecular weight excluding hydrogens is 733 g/mol. The number of hydrogen-bond acceptors (Lipinski definition) is 11. The lowest BCUT2D eigenvalue weighted by Gasteiger charge is -2.35. The van der Waals surface area contributed by atoms with Crippen molar-refractivity contribution in [3.8, 4) is 11.4 Å². The molecule has 8 rings (SSSR count). The summed E-state index contributed by atoms with van der Waals surface area (Å²) in [5.41, 5.74) is 6.03. The minimum Gasteiger partial charge on any atom is -0.490 e. The summed E-state index contributed by atoms with van der Waals surface area (Å²) in [6.45, 7) is 1.35. The quantitative estimate of drug-likeness (QED) is 0.194. The van der Waals surface area contributed by atoms with Crippen molar-refractivity contribution in [3.63, 3.8) is 0 Å². The molecule has 6 aromatic rings. The standard InChI is InChI=1S/C38H35F2N9O5S/c39-23-6-8-27(28(40)16-23)38(53,20-47-22-42-21-43-47)19-33(50)46-12-10-24(11-13-46)44-35(51)32-18-30-36(55-32)45-34(41)37(52)49(30)26-7-9-31-29(17-26)48(14-15-54-31)25-4-2-1-3-5-25/h1-9,16-18,21-22,24,53H,10-15,19-20H2,(H2,41,45)(H,44,51). The number of aromatic nitrogens is 5. The molecule has 2 amide bonds. The highest BCUT2D eigenvalue weighted by Crippen LogP contribution is 2.39. The molecule has 5 heterocycles.